The zero-order valence-corrected chi connectivity index (χ0v) is 20.1. The number of hydrogen-bond acceptors (Lipinski definition) is 6. The summed E-state index contributed by atoms with van der Waals surface area (Å²) in [6.07, 6.45) is 6.82. The van der Waals surface area contributed by atoms with Crippen molar-refractivity contribution in [2.45, 2.75) is 51.7 Å². The van der Waals surface area contributed by atoms with Gasteiger partial charge in [0.2, 0.25) is 15.9 Å². The lowest BCUT2D eigenvalue weighted by molar-refractivity contribution is 0.0373. The summed E-state index contributed by atoms with van der Waals surface area (Å²) in [5.41, 5.74) is 0.921. The van der Waals surface area contributed by atoms with Gasteiger partial charge in [0.15, 0.2) is 0 Å². The number of rotatable bonds is 5. The maximum Gasteiger partial charge on any atom is 0.259 e. The Hall–Kier alpha value is -2.15. The molecule has 1 saturated carbocycles. The topological polar surface area (TPSA) is 100 Å². The number of aliphatic hydroxyl groups is 1. The number of aromatic nitrogens is 1. The first kappa shape index (κ1) is 24.5. The first-order chi connectivity index (χ1) is 15.1. The molecule has 1 aromatic heterocycles. The van der Waals surface area contributed by atoms with Gasteiger partial charge in [0, 0.05) is 37.2 Å². The van der Waals surface area contributed by atoms with E-state index >= 15 is 0 Å². The summed E-state index contributed by atoms with van der Waals surface area (Å²) in [6.45, 7) is 3.94. The first-order valence-electron chi connectivity index (χ1n) is 11.1. The van der Waals surface area contributed by atoms with Gasteiger partial charge in [0.25, 0.3) is 5.91 Å². The number of ether oxygens (including phenoxy) is 1. The predicted molar refractivity (Wildman–Crippen MR) is 122 cm³/mol. The van der Waals surface area contributed by atoms with Crippen LogP contribution in [0.25, 0.3) is 0 Å². The number of pyridine rings is 1. The van der Waals surface area contributed by atoms with Crippen molar-refractivity contribution in [3.63, 3.8) is 0 Å². The maximum absolute atomic E-state index is 13.4. The summed E-state index contributed by atoms with van der Waals surface area (Å²) in [6, 6.07) is 1.29. The van der Waals surface area contributed by atoms with Gasteiger partial charge in [0.1, 0.15) is 11.7 Å². The van der Waals surface area contributed by atoms with Crippen LogP contribution in [0.1, 0.15) is 55.5 Å². The number of sulfonamides is 1. The molecule has 0 radical (unpaired) electrons. The molecule has 3 atom stereocenters. The van der Waals surface area contributed by atoms with E-state index in [1.807, 2.05) is 6.92 Å². The normalized spacial score (nSPS) is 23.1. The highest BCUT2D eigenvalue weighted by Crippen LogP contribution is 2.28. The third kappa shape index (κ3) is 5.80. The fourth-order valence-corrected chi connectivity index (χ4v) is 4.45. The van der Waals surface area contributed by atoms with E-state index in [1.54, 1.807) is 24.1 Å². The average molecular weight is 464 g/mol. The monoisotopic (exact) mass is 463 g/mol. The molecule has 1 aliphatic heterocycles. The van der Waals surface area contributed by atoms with Crippen molar-refractivity contribution in [2.24, 2.45) is 11.8 Å². The second-order valence-corrected chi connectivity index (χ2v) is 11.1. The lowest BCUT2D eigenvalue weighted by Gasteiger charge is -2.37. The lowest BCUT2D eigenvalue weighted by atomic mass is 10.00. The highest BCUT2D eigenvalue weighted by Gasteiger charge is 2.35. The minimum Gasteiger partial charge on any atom is -0.472 e. The Balaban J connectivity index is 1.97. The fraction of sp³-hybridized carbons (Fsp3) is 0.652. The van der Waals surface area contributed by atoms with Crippen LogP contribution < -0.4 is 4.74 Å². The van der Waals surface area contributed by atoms with Crippen molar-refractivity contribution < 1.29 is 23.1 Å². The van der Waals surface area contributed by atoms with Gasteiger partial charge in [-0.2, -0.15) is 0 Å². The van der Waals surface area contributed by atoms with E-state index in [0.29, 0.717) is 18.0 Å². The molecule has 1 aliphatic carbocycles. The Kier molecular flexibility index (Phi) is 7.80. The molecule has 1 fully saturated rings. The molecular formula is C23H33N3O5S. The highest BCUT2D eigenvalue weighted by atomic mass is 32.2. The Morgan fingerprint density at radius 2 is 2.06 bits per heavy atom. The van der Waals surface area contributed by atoms with E-state index in [4.69, 9.17) is 4.74 Å². The Labute approximate surface area is 191 Å². The summed E-state index contributed by atoms with van der Waals surface area (Å²) >= 11 is 0. The largest absolute Gasteiger partial charge is 0.472 e. The van der Waals surface area contributed by atoms with Crippen molar-refractivity contribution in [1.82, 2.24) is 14.2 Å². The van der Waals surface area contributed by atoms with E-state index in [9.17, 15) is 18.3 Å². The van der Waals surface area contributed by atoms with Crippen LogP contribution in [-0.4, -0.2) is 78.8 Å². The van der Waals surface area contributed by atoms with Crippen LogP contribution in [0.3, 0.4) is 0 Å². The number of likely N-dealkylation sites (N-methyl/N-ethyl adjacent to an activating group) is 1. The summed E-state index contributed by atoms with van der Waals surface area (Å²) in [5, 5.41) is 9.73. The van der Waals surface area contributed by atoms with Crippen LogP contribution in [0.2, 0.25) is 0 Å². The van der Waals surface area contributed by atoms with Crippen LogP contribution in [0.15, 0.2) is 12.3 Å². The molecule has 1 N–H and O–H groups in total. The number of carbonyl (C=O) groups excluding carboxylic acids is 1. The molecule has 0 bridgehead atoms. The van der Waals surface area contributed by atoms with Crippen LogP contribution in [0.4, 0.5) is 0 Å². The highest BCUT2D eigenvalue weighted by molar-refractivity contribution is 7.88. The fourth-order valence-electron chi connectivity index (χ4n) is 4.03. The van der Waals surface area contributed by atoms with Gasteiger partial charge < -0.3 is 14.7 Å². The molecule has 0 spiro atoms. The molecule has 9 heteroatoms. The standard InChI is InChI=1S/C23H33N3O5S/c1-16-13-26(17(2)15-27)23(28)20-11-19(10-9-18-7-5-6-8-18)12-24-22(20)31-21(16)14-25(3)32(4,29)30/h11-12,16-18,21,27H,5-8,13-15H2,1-4H3/t16-,17+,21+/m1/s1. The van der Waals surface area contributed by atoms with E-state index in [0.717, 1.165) is 19.1 Å². The second kappa shape index (κ2) is 10.2. The third-order valence-corrected chi connectivity index (χ3v) is 7.58. The van der Waals surface area contributed by atoms with Gasteiger partial charge in [-0.3, -0.25) is 4.79 Å². The smallest absolute Gasteiger partial charge is 0.259 e. The number of fused-ring (bicyclic) bond motifs is 1. The third-order valence-electron chi connectivity index (χ3n) is 6.30. The molecule has 0 saturated heterocycles. The van der Waals surface area contributed by atoms with Crippen LogP contribution >= 0.6 is 0 Å². The second-order valence-electron chi connectivity index (χ2n) is 8.99. The zero-order chi connectivity index (χ0) is 23.5. The van der Waals surface area contributed by atoms with E-state index in [1.165, 1.54) is 24.2 Å². The molecule has 32 heavy (non-hydrogen) atoms. The van der Waals surface area contributed by atoms with Crippen LogP contribution in [0.5, 0.6) is 5.88 Å². The van der Waals surface area contributed by atoms with Gasteiger partial charge in [-0.1, -0.05) is 31.6 Å². The van der Waals surface area contributed by atoms with Gasteiger partial charge >= 0.3 is 0 Å². The van der Waals surface area contributed by atoms with Gasteiger partial charge in [0.05, 0.1) is 25.4 Å². The van der Waals surface area contributed by atoms with Crippen LogP contribution in [-0.2, 0) is 10.0 Å². The van der Waals surface area contributed by atoms with E-state index < -0.39 is 22.2 Å². The lowest BCUT2D eigenvalue weighted by Crippen LogP contribution is -2.50. The maximum atomic E-state index is 13.4. The summed E-state index contributed by atoms with van der Waals surface area (Å²) < 4.78 is 31.2. The molecule has 0 aromatic carbocycles. The summed E-state index contributed by atoms with van der Waals surface area (Å²) in [5.74, 6) is 6.51. The van der Waals surface area contributed by atoms with Gasteiger partial charge in [-0.25, -0.2) is 17.7 Å². The number of carbonyl (C=O) groups is 1. The number of amides is 1. The molecule has 1 amide bonds. The Morgan fingerprint density at radius 1 is 1.38 bits per heavy atom. The average Bonchev–Trinajstić information content (AvgIpc) is 3.27. The van der Waals surface area contributed by atoms with Crippen molar-refractivity contribution >= 4 is 15.9 Å². The van der Waals surface area contributed by atoms with Crippen molar-refractivity contribution in [2.75, 3.05) is 33.0 Å². The Morgan fingerprint density at radius 3 is 2.69 bits per heavy atom. The molecular weight excluding hydrogens is 430 g/mol. The molecule has 8 nitrogen and oxygen atoms in total. The van der Waals surface area contributed by atoms with Crippen molar-refractivity contribution in [1.29, 1.82) is 0 Å². The summed E-state index contributed by atoms with van der Waals surface area (Å²) in [4.78, 5) is 19.4. The van der Waals surface area contributed by atoms with E-state index in [2.05, 4.69) is 16.8 Å². The Bertz CT molecular complexity index is 995. The number of aliphatic hydroxyl groups excluding tert-OH is 1. The van der Waals surface area contributed by atoms with Crippen molar-refractivity contribution in [3.05, 3.63) is 23.4 Å². The molecule has 176 valence electrons. The quantitative estimate of drug-likeness (QED) is 0.668. The van der Waals surface area contributed by atoms with Crippen molar-refractivity contribution in [3.8, 4) is 17.7 Å². The minimum atomic E-state index is -3.40. The zero-order valence-electron chi connectivity index (χ0n) is 19.2. The molecule has 2 aliphatic rings. The first-order valence-corrected chi connectivity index (χ1v) is 13.0. The number of hydrogen-bond donors (Lipinski definition) is 1. The SMILES string of the molecule is C[C@@H]1CN([C@@H](C)CO)C(=O)c2cc(C#CC3CCCC3)cnc2O[C@H]1CN(C)S(C)(=O)=O. The molecule has 3 rings (SSSR count). The number of nitrogens with zero attached hydrogens (tertiary/aromatic N) is 3. The molecule has 0 unspecified atom stereocenters. The minimum absolute atomic E-state index is 0.125. The van der Waals surface area contributed by atoms with Gasteiger partial charge in [-0.15, -0.1) is 0 Å². The molecule has 1 aromatic rings. The summed E-state index contributed by atoms with van der Waals surface area (Å²) in [7, 11) is -1.90. The van der Waals surface area contributed by atoms with E-state index in [-0.39, 0.29) is 36.4 Å². The van der Waals surface area contributed by atoms with Crippen LogP contribution in [0, 0.1) is 23.7 Å². The molecule has 2 heterocycles. The van der Waals surface area contributed by atoms with Gasteiger partial charge in [-0.05, 0) is 25.8 Å². The predicted octanol–water partition coefficient (Wildman–Crippen LogP) is 1.73.